The first-order valence-corrected chi connectivity index (χ1v) is 6.60. The summed E-state index contributed by atoms with van der Waals surface area (Å²) in [5, 5.41) is 3.13. The Labute approximate surface area is 105 Å². The smallest absolute Gasteiger partial charge is 0.241 e. The van der Waals surface area contributed by atoms with Gasteiger partial charge in [0.25, 0.3) is 0 Å². The Kier molecular flexibility index (Phi) is 4.95. The lowest BCUT2D eigenvalue weighted by molar-refractivity contribution is -0.139. The first-order chi connectivity index (χ1) is 7.94. The second kappa shape index (κ2) is 5.83. The monoisotopic (exact) mass is 241 g/mol. The number of carbonyl (C=O) groups excluding carboxylic acids is 1. The molecule has 1 atom stereocenters. The van der Waals surface area contributed by atoms with Crippen molar-refractivity contribution in [3.05, 3.63) is 0 Å². The third-order valence-electron chi connectivity index (χ3n) is 3.73. The molecule has 1 rings (SSSR count). The summed E-state index contributed by atoms with van der Waals surface area (Å²) < 4.78 is 0. The van der Waals surface area contributed by atoms with Gasteiger partial charge in [0.05, 0.1) is 0 Å². The Bertz CT molecular complexity index is 265. The molecule has 100 valence electrons. The van der Waals surface area contributed by atoms with E-state index in [1.54, 1.807) is 0 Å². The highest BCUT2D eigenvalue weighted by Gasteiger charge is 2.38. The van der Waals surface area contributed by atoms with Gasteiger partial charge in [-0.2, -0.15) is 0 Å². The minimum atomic E-state index is -0.0240. The minimum Gasteiger partial charge on any atom is -0.336 e. The number of likely N-dealkylation sites (N-methyl/N-ethyl adjacent to an activating group) is 2. The standard InChI is InChI=1S/C13H27N3O/c1-6-8-16-12(17)11(10-14-4)15(5)9-7-13(16,2)3/h11,14H,6-10H2,1-5H3. The average molecular weight is 241 g/mol. The summed E-state index contributed by atoms with van der Waals surface area (Å²) in [7, 11) is 3.95. The molecule has 0 aromatic carbocycles. The van der Waals surface area contributed by atoms with E-state index in [9.17, 15) is 4.79 Å². The molecule has 1 aliphatic heterocycles. The van der Waals surface area contributed by atoms with Crippen LogP contribution in [0.5, 0.6) is 0 Å². The second-order valence-electron chi connectivity index (χ2n) is 5.61. The lowest BCUT2D eigenvalue weighted by Crippen LogP contribution is -2.53. The number of nitrogens with one attached hydrogen (secondary N) is 1. The SMILES string of the molecule is CCCN1C(=O)C(CNC)N(C)CCC1(C)C. The average Bonchev–Trinajstić information content (AvgIpc) is 2.34. The summed E-state index contributed by atoms with van der Waals surface area (Å²) in [4.78, 5) is 16.8. The maximum Gasteiger partial charge on any atom is 0.241 e. The molecule has 1 unspecified atom stereocenters. The van der Waals surface area contributed by atoms with Gasteiger partial charge in [0.2, 0.25) is 5.91 Å². The topological polar surface area (TPSA) is 35.6 Å². The van der Waals surface area contributed by atoms with E-state index in [1.165, 1.54) is 0 Å². The molecule has 1 N–H and O–H groups in total. The second-order valence-corrected chi connectivity index (χ2v) is 5.61. The van der Waals surface area contributed by atoms with Gasteiger partial charge in [0, 0.05) is 25.2 Å². The van der Waals surface area contributed by atoms with Gasteiger partial charge in [-0.05, 0) is 40.8 Å². The Balaban J connectivity index is 2.93. The molecule has 0 spiro atoms. The van der Waals surface area contributed by atoms with Crippen LogP contribution < -0.4 is 5.32 Å². The predicted molar refractivity (Wildman–Crippen MR) is 71.0 cm³/mol. The highest BCUT2D eigenvalue weighted by molar-refractivity contribution is 5.83. The fraction of sp³-hybridized carbons (Fsp3) is 0.923. The van der Waals surface area contributed by atoms with E-state index < -0.39 is 0 Å². The van der Waals surface area contributed by atoms with Gasteiger partial charge in [-0.25, -0.2) is 0 Å². The molecular formula is C13H27N3O. The Morgan fingerprint density at radius 3 is 2.65 bits per heavy atom. The molecule has 17 heavy (non-hydrogen) atoms. The van der Waals surface area contributed by atoms with E-state index in [4.69, 9.17) is 0 Å². The van der Waals surface area contributed by atoms with E-state index in [2.05, 4.69) is 35.9 Å². The van der Waals surface area contributed by atoms with Crippen LogP contribution in [-0.4, -0.2) is 61.0 Å². The van der Waals surface area contributed by atoms with Crippen molar-refractivity contribution in [2.24, 2.45) is 0 Å². The predicted octanol–water partition coefficient (Wildman–Crippen LogP) is 0.927. The van der Waals surface area contributed by atoms with E-state index >= 15 is 0 Å². The largest absolute Gasteiger partial charge is 0.336 e. The number of amides is 1. The number of hydrogen-bond acceptors (Lipinski definition) is 3. The minimum absolute atomic E-state index is 0.0201. The van der Waals surface area contributed by atoms with Crippen LogP contribution >= 0.6 is 0 Å². The molecule has 0 saturated carbocycles. The van der Waals surface area contributed by atoms with Crippen molar-refractivity contribution in [2.45, 2.75) is 45.2 Å². The van der Waals surface area contributed by atoms with Crippen molar-refractivity contribution in [3.8, 4) is 0 Å². The van der Waals surface area contributed by atoms with Crippen LogP contribution in [-0.2, 0) is 4.79 Å². The van der Waals surface area contributed by atoms with Crippen molar-refractivity contribution < 1.29 is 4.79 Å². The zero-order valence-corrected chi connectivity index (χ0v) is 11.9. The fourth-order valence-electron chi connectivity index (χ4n) is 2.48. The summed E-state index contributed by atoms with van der Waals surface area (Å²) in [6, 6.07) is -0.0201. The number of nitrogens with zero attached hydrogens (tertiary/aromatic N) is 2. The van der Waals surface area contributed by atoms with Crippen LogP contribution in [0, 0.1) is 0 Å². The van der Waals surface area contributed by atoms with Crippen molar-refractivity contribution in [2.75, 3.05) is 33.7 Å². The first-order valence-electron chi connectivity index (χ1n) is 6.60. The van der Waals surface area contributed by atoms with Crippen LogP contribution in [0.1, 0.15) is 33.6 Å². The quantitative estimate of drug-likeness (QED) is 0.795. The van der Waals surface area contributed by atoms with Crippen LogP contribution in [0.2, 0.25) is 0 Å². The summed E-state index contributed by atoms with van der Waals surface area (Å²) in [5.41, 5.74) is -0.0240. The molecule has 1 saturated heterocycles. The lowest BCUT2D eigenvalue weighted by atomic mass is 9.98. The molecule has 4 nitrogen and oxygen atoms in total. The Hall–Kier alpha value is -0.610. The number of carbonyl (C=O) groups is 1. The highest BCUT2D eigenvalue weighted by atomic mass is 16.2. The Morgan fingerprint density at radius 2 is 2.12 bits per heavy atom. The summed E-state index contributed by atoms with van der Waals surface area (Å²) in [5.74, 6) is 0.270. The molecule has 1 amide bonds. The molecule has 1 heterocycles. The number of hydrogen-bond donors (Lipinski definition) is 1. The molecular weight excluding hydrogens is 214 g/mol. The van der Waals surface area contributed by atoms with Crippen LogP contribution in [0.15, 0.2) is 0 Å². The molecule has 0 aromatic heterocycles. The van der Waals surface area contributed by atoms with E-state index in [-0.39, 0.29) is 17.5 Å². The van der Waals surface area contributed by atoms with Gasteiger partial charge in [0.1, 0.15) is 6.04 Å². The van der Waals surface area contributed by atoms with Crippen molar-refractivity contribution in [3.63, 3.8) is 0 Å². The first kappa shape index (κ1) is 14.5. The lowest BCUT2D eigenvalue weighted by Gasteiger charge is -2.38. The highest BCUT2D eigenvalue weighted by Crippen LogP contribution is 2.25. The van der Waals surface area contributed by atoms with Crippen molar-refractivity contribution >= 4 is 5.91 Å². The van der Waals surface area contributed by atoms with Gasteiger partial charge < -0.3 is 10.2 Å². The molecule has 1 aliphatic rings. The van der Waals surface area contributed by atoms with Crippen LogP contribution in [0.3, 0.4) is 0 Å². The van der Waals surface area contributed by atoms with E-state index in [1.807, 2.05) is 14.1 Å². The van der Waals surface area contributed by atoms with Gasteiger partial charge >= 0.3 is 0 Å². The van der Waals surface area contributed by atoms with Gasteiger partial charge in [-0.3, -0.25) is 9.69 Å². The van der Waals surface area contributed by atoms with Crippen molar-refractivity contribution in [1.29, 1.82) is 0 Å². The van der Waals surface area contributed by atoms with E-state index in [0.717, 1.165) is 32.5 Å². The Morgan fingerprint density at radius 1 is 1.47 bits per heavy atom. The molecule has 0 radical (unpaired) electrons. The summed E-state index contributed by atoms with van der Waals surface area (Å²) in [6.07, 6.45) is 2.06. The maximum atomic E-state index is 12.6. The molecule has 0 aliphatic carbocycles. The van der Waals surface area contributed by atoms with Crippen LogP contribution in [0.25, 0.3) is 0 Å². The van der Waals surface area contributed by atoms with Gasteiger partial charge in [-0.1, -0.05) is 6.92 Å². The zero-order chi connectivity index (χ0) is 13.1. The number of rotatable bonds is 4. The summed E-state index contributed by atoms with van der Waals surface area (Å²) in [6.45, 7) is 9.05. The third-order valence-corrected chi connectivity index (χ3v) is 3.73. The molecule has 4 heteroatoms. The summed E-state index contributed by atoms with van der Waals surface area (Å²) >= 11 is 0. The van der Waals surface area contributed by atoms with E-state index in [0.29, 0.717) is 0 Å². The van der Waals surface area contributed by atoms with Gasteiger partial charge in [0.15, 0.2) is 0 Å². The maximum absolute atomic E-state index is 12.6. The molecule has 0 aromatic rings. The van der Waals surface area contributed by atoms with Crippen molar-refractivity contribution in [1.82, 2.24) is 15.1 Å². The molecule has 1 fully saturated rings. The van der Waals surface area contributed by atoms with Gasteiger partial charge in [-0.15, -0.1) is 0 Å². The third kappa shape index (κ3) is 3.19. The zero-order valence-electron chi connectivity index (χ0n) is 11.9. The normalized spacial score (nSPS) is 26.1. The fourth-order valence-corrected chi connectivity index (χ4v) is 2.48. The van der Waals surface area contributed by atoms with Crippen LogP contribution in [0.4, 0.5) is 0 Å². The molecule has 0 bridgehead atoms.